The first-order valence-electron chi connectivity index (χ1n) is 6.64. The van der Waals surface area contributed by atoms with Crippen molar-refractivity contribution < 1.29 is 4.74 Å². The normalized spacial score (nSPS) is 18.7. The third kappa shape index (κ3) is 6.28. The zero-order valence-corrected chi connectivity index (χ0v) is 16.3. The van der Waals surface area contributed by atoms with Gasteiger partial charge in [0.1, 0.15) is 0 Å². The average molecular weight is 474 g/mol. The third-order valence-corrected chi connectivity index (χ3v) is 4.46. The van der Waals surface area contributed by atoms with E-state index in [1.807, 2.05) is 0 Å². The summed E-state index contributed by atoms with van der Waals surface area (Å²) < 4.78 is 6.75. The lowest BCUT2D eigenvalue weighted by Crippen LogP contribution is -2.41. The molecule has 1 aliphatic heterocycles. The molecule has 0 spiro atoms. The fraction of sp³-hybridized carbons (Fsp3) is 0.615. The van der Waals surface area contributed by atoms with Crippen LogP contribution >= 0.6 is 51.2 Å². The van der Waals surface area contributed by atoms with E-state index in [0.29, 0.717) is 12.6 Å². The molecule has 1 fully saturated rings. The van der Waals surface area contributed by atoms with E-state index in [1.54, 1.807) is 11.3 Å². The van der Waals surface area contributed by atoms with Gasteiger partial charge in [-0.1, -0.05) is 0 Å². The van der Waals surface area contributed by atoms with Crippen molar-refractivity contribution in [2.75, 3.05) is 19.7 Å². The average Bonchev–Trinajstić information content (AvgIpc) is 3.04. The van der Waals surface area contributed by atoms with Crippen molar-refractivity contribution in [3.8, 4) is 0 Å². The van der Waals surface area contributed by atoms with Gasteiger partial charge >= 0.3 is 0 Å². The first-order valence-corrected chi connectivity index (χ1v) is 8.32. The van der Waals surface area contributed by atoms with Crippen LogP contribution in [0.15, 0.2) is 20.2 Å². The number of nitrogens with zero attached hydrogens (tertiary/aromatic N) is 1. The monoisotopic (exact) mass is 473 g/mol. The van der Waals surface area contributed by atoms with E-state index >= 15 is 0 Å². The molecule has 0 aliphatic carbocycles. The van der Waals surface area contributed by atoms with Crippen LogP contribution in [0.4, 0.5) is 0 Å². The molecule has 0 saturated carbocycles. The Labute approximate surface area is 149 Å². The van der Waals surface area contributed by atoms with Crippen LogP contribution in [0.2, 0.25) is 0 Å². The predicted octanol–water partition coefficient (Wildman–Crippen LogP) is 3.36. The Kier molecular flexibility index (Phi) is 9.06. The van der Waals surface area contributed by atoms with Gasteiger partial charge in [0.15, 0.2) is 5.96 Å². The molecule has 2 rings (SSSR count). The van der Waals surface area contributed by atoms with Crippen molar-refractivity contribution in [3.63, 3.8) is 0 Å². The SMILES string of the molecule is CCNC(=NCc1csc(Br)c1)NCC1CCCO1.I. The van der Waals surface area contributed by atoms with Crippen molar-refractivity contribution in [2.24, 2.45) is 4.99 Å². The van der Waals surface area contributed by atoms with E-state index in [4.69, 9.17) is 4.74 Å². The lowest BCUT2D eigenvalue weighted by molar-refractivity contribution is 0.114. The number of hydrogen-bond acceptors (Lipinski definition) is 3. The fourth-order valence-electron chi connectivity index (χ4n) is 1.96. The highest BCUT2D eigenvalue weighted by Crippen LogP contribution is 2.21. The van der Waals surface area contributed by atoms with E-state index < -0.39 is 0 Å². The molecular formula is C13H21BrIN3OS. The van der Waals surface area contributed by atoms with Crippen LogP contribution in [0.3, 0.4) is 0 Å². The second-order valence-corrected chi connectivity index (χ2v) is 6.76. The van der Waals surface area contributed by atoms with Crippen LogP contribution in [-0.2, 0) is 11.3 Å². The van der Waals surface area contributed by atoms with Gasteiger partial charge in [0, 0.05) is 19.7 Å². The number of guanidine groups is 1. The first-order chi connectivity index (χ1) is 9.28. The van der Waals surface area contributed by atoms with Gasteiger partial charge in [-0.15, -0.1) is 35.3 Å². The molecule has 1 aliphatic rings. The molecule has 114 valence electrons. The molecule has 1 atom stereocenters. The Balaban J connectivity index is 0.00000200. The molecule has 2 heterocycles. The number of hydrogen-bond donors (Lipinski definition) is 2. The van der Waals surface area contributed by atoms with Gasteiger partial charge in [0.05, 0.1) is 16.4 Å². The number of nitrogens with one attached hydrogen (secondary N) is 2. The maximum atomic E-state index is 5.60. The molecule has 1 aromatic rings. The largest absolute Gasteiger partial charge is 0.376 e. The zero-order valence-electron chi connectivity index (χ0n) is 11.5. The maximum absolute atomic E-state index is 5.60. The maximum Gasteiger partial charge on any atom is 0.191 e. The van der Waals surface area contributed by atoms with Crippen LogP contribution in [0.1, 0.15) is 25.3 Å². The second-order valence-electron chi connectivity index (χ2n) is 4.47. The Morgan fingerprint density at radius 1 is 1.55 bits per heavy atom. The summed E-state index contributed by atoms with van der Waals surface area (Å²) in [4.78, 5) is 4.58. The lowest BCUT2D eigenvalue weighted by Gasteiger charge is -2.14. The number of ether oxygens (including phenoxy) is 1. The minimum Gasteiger partial charge on any atom is -0.376 e. The Bertz CT molecular complexity index is 422. The Morgan fingerprint density at radius 3 is 3.00 bits per heavy atom. The van der Waals surface area contributed by atoms with Crippen LogP contribution in [0.5, 0.6) is 0 Å². The molecule has 0 bridgehead atoms. The van der Waals surface area contributed by atoms with Gasteiger partial charge < -0.3 is 15.4 Å². The molecule has 0 amide bonds. The zero-order chi connectivity index (χ0) is 13.5. The van der Waals surface area contributed by atoms with Gasteiger partial charge in [0.25, 0.3) is 0 Å². The van der Waals surface area contributed by atoms with Crippen molar-refractivity contribution >= 4 is 57.2 Å². The van der Waals surface area contributed by atoms with Gasteiger partial charge in [-0.3, -0.25) is 0 Å². The predicted molar refractivity (Wildman–Crippen MR) is 99.2 cm³/mol. The summed E-state index contributed by atoms with van der Waals surface area (Å²) in [5.41, 5.74) is 1.23. The van der Waals surface area contributed by atoms with Gasteiger partial charge in [-0.25, -0.2) is 4.99 Å². The van der Waals surface area contributed by atoms with Crippen LogP contribution in [0.25, 0.3) is 0 Å². The first kappa shape index (κ1) is 18.2. The fourth-order valence-corrected chi connectivity index (χ4v) is 3.16. The van der Waals surface area contributed by atoms with E-state index in [9.17, 15) is 0 Å². The molecule has 20 heavy (non-hydrogen) atoms. The molecular weight excluding hydrogens is 453 g/mol. The van der Waals surface area contributed by atoms with Crippen molar-refractivity contribution in [1.29, 1.82) is 0 Å². The number of halogens is 2. The molecule has 4 nitrogen and oxygen atoms in total. The summed E-state index contributed by atoms with van der Waals surface area (Å²) in [5, 5.41) is 8.73. The summed E-state index contributed by atoms with van der Waals surface area (Å²) in [5.74, 6) is 0.861. The highest BCUT2D eigenvalue weighted by atomic mass is 127. The highest BCUT2D eigenvalue weighted by molar-refractivity contribution is 14.0. The minimum absolute atomic E-state index is 0. The molecule has 0 radical (unpaired) electrons. The quantitative estimate of drug-likeness (QED) is 0.391. The second kappa shape index (κ2) is 9.97. The van der Waals surface area contributed by atoms with Crippen molar-refractivity contribution in [3.05, 3.63) is 20.8 Å². The Hall–Kier alpha value is 0.140. The minimum atomic E-state index is 0. The third-order valence-electron chi connectivity index (χ3n) is 2.91. The topological polar surface area (TPSA) is 45.7 Å². The number of rotatable bonds is 5. The van der Waals surface area contributed by atoms with Crippen LogP contribution < -0.4 is 10.6 Å². The van der Waals surface area contributed by atoms with E-state index in [-0.39, 0.29) is 24.0 Å². The van der Waals surface area contributed by atoms with Crippen molar-refractivity contribution in [2.45, 2.75) is 32.4 Å². The summed E-state index contributed by atoms with van der Waals surface area (Å²) in [6, 6.07) is 2.11. The standard InChI is InChI=1S/C13H20BrN3OS.HI/c1-2-15-13(17-8-11-4-3-5-18-11)16-7-10-6-12(14)19-9-10;/h6,9,11H,2-5,7-8H2,1H3,(H2,15,16,17);1H. The smallest absolute Gasteiger partial charge is 0.191 e. The highest BCUT2D eigenvalue weighted by Gasteiger charge is 2.15. The molecule has 0 aromatic carbocycles. The van der Waals surface area contributed by atoms with Gasteiger partial charge in [-0.05, 0) is 52.7 Å². The van der Waals surface area contributed by atoms with E-state index in [2.05, 4.69) is 49.9 Å². The summed E-state index contributed by atoms with van der Waals surface area (Å²) in [7, 11) is 0. The molecule has 2 N–H and O–H groups in total. The summed E-state index contributed by atoms with van der Waals surface area (Å²) in [6.07, 6.45) is 2.64. The van der Waals surface area contributed by atoms with Crippen LogP contribution in [0, 0.1) is 0 Å². The molecule has 1 unspecified atom stereocenters. The van der Waals surface area contributed by atoms with E-state index in [1.165, 1.54) is 12.0 Å². The number of thiophene rings is 1. The molecule has 1 aromatic heterocycles. The summed E-state index contributed by atoms with van der Waals surface area (Å²) in [6.45, 7) is 5.36. The Morgan fingerprint density at radius 2 is 2.40 bits per heavy atom. The van der Waals surface area contributed by atoms with Crippen molar-refractivity contribution in [1.82, 2.24) is 10.6 Å². The van der Waals surface area contributed by atoms with E-state index in [0.717, 1.165) is 35.9 Å². The van der Waals surface area contributed by atoms with Gasteiger partial charge in [0.2, 0.25) is 0 Å². The lowest BCUT2D eigenvalue weighted by atomic mass is 10.2. The molecule has 1 saturated heterocycles. The molecule has 7 heteroatoms. The van der Waals surface area contributed by atoms with Gasteiger partial charge in [-0.2, -0.15) is 0 Å². The number of aliphatic imine (C=N–C) groups is 1. The van der Waals surface area contributed by atoms with Crippen LogP contribution in [-0.4, -0.2) is 31.8 Å². The summed E-state index contributed by atoms with van der Waals surface area (Å²) >= 11 is 5.16.